The number of ether oxygens (including phenoxy) is 1. The van der Waals surface area contributed by atoms with Crippen LogP contribution in [-0.4, -0.2) is 61.2 Å². The van der Waals surface area contributed by atoms with Gasteiger partial charge in [-0.2, -0.15) is 4.31 Å². The molecule has 0 unspecified atom stereocenters. The molecule has 0 radical (unpaired) electrons. The lowest BCUT2D eigenvalue weighted by Gasteiger charge is -2.32. The lowest BCUT2D eigenvalue weighted by Crippen LogP contribution is -2.43. The summed E-state index contributed by atoms with van der Waals surface area (Å²) in [5, 5.41) is 11.2. The molecule has 34 heavy (non-hydrogen) atoms. The van der Waals surface area contributed by atoms with Crippen LogP contribution in [0.15, 0.2) is 53.4 Å². The fourth-order valence-corrected chi connectivity index (χ4v) is 5.41. The molecular formula is C23H27N3O7S. The van der Waals surface area contributed by atoms with E-state index in [4.69, 9.17) is 4.74 Å². The molecule has 2 aromatic rings. The van der Waals surface area contributed by atoms with Crippen LogP contribution in [0.3, 0.4) is 0 Å². The highest BCUT2D eigenvalue weighted by Gasteiger charge is 2.33. The molecule has 1 saturated heterocycles. The van der Waals surface area contributed by atoms with Crippen molar-refractivity contribution in [2.45, 2.75) is 31.2 Å². The van der Waals surface area contributed by atoms with Crippen LogP contribution in [0.2, 0.25) is 0 Å². The van der Waals surface area contributed by atoms with E-state index in [2.05, 4.69) is 0 Å². The predicted molar refractivity (Wildman–Crippen MR) is 123 cm³/mol. The highest BCUT2D eigenvalue weighted by Crippen LogP contribution is 2.26. The van der Waals surface area contributed by atoms with Crippen LogP contribution in [0.1, 0.15) is 35.7 Å². The molecule has 10 nitrogen and oxygen atoms in total. The highest BCUT2D eigenvalue weighted by molar-refractivity contribution is 7.89. The van der Waals surface area contributed by atoms with Gasteiger partial charge in [-0.05, 0) is 44.0 Å². The molecule has 1 aliphatic rings. The van der Waals surface area contributed by atoms with E-state index in [0.717, 1.165) is 0 Å². The van der Waals surface area contributed by atoms with Crippen molar-refractivity contribution >= 4 is 27.6 Å². The third kappa shape index (κ3) is 5.60. The molecule has 0 spiro atoms. The summed E-state index contributed by atoms with van der Waals surface area (Å²) in [6, 6.07) is 11.9. The zero-order valence-electron chi connectivity index (χ0n) is 19.0. The topological polar surface area (TPSA) is 127 Å². The van der Waals surface area contributed by atoms with Gasteiger partial charge in [0.1, 0.15) is 0 Å². The van der Waals surface area contributed by atoms with Crippen LogP contribution in [0.25, 0.3) is 0 Å². The Labute approximate surface area is 198 Å². The number of nitrogens with zero attached hydrogens (tertiary/aromatic N) is 3. The largest absolute Gasteiger partial charge is 0.462 e. The van der Waals surface area contributed by atoms with Crippen molar-refractivity contribution in [3.05, 3.63) is 69.8 Å². The summed E-state index contributed by atoms with van der Waals surface area (Å²) in [7, 11) is -2.18. The third-order valence-electron chi connectivity index (χ3n) is 5.78. The number of carbonyl (C=O) groups is 2. The quantitative estimate of drug-likeness (QED) is 0.317. The van der Waals surface area contributed by atoms with Gasteiger partial charge in [-0.25, -0.2) is 13.2 Å². The first kappa shape index (κ1) is 25.3. The van der Waals surface area contributed by atoms with Crippen molar-refractivity contribution < 1.29 is 27.7 Å². The van der Waals surface area contributed by atoms with Crippen molar-refractivity contribution in [1.82, 2.24) is 9.21 Å². The van der Waals surface area contributed by atoms with Gasteiger partial charge in [-0.3, -0.25) is 14.9 Å². The summed E-state index contributed by atoms with van der Waals surface area (Å²) < 4.78 is 32.2. The van der Waals surface area contributed by atoms with Gasteiger partial charge in [-0.15, -0.1) is 0 Å². The number of rotatable bonds is 8. The molecule has 0 bridgehead atoms. The Morgan fingerprint density at radius 3 is 2.32 bits per heavy atom. The zero-order valence-corrected chi connectivity index (χ0v) is 19.9. The monoisotopic (exact) mass is 489 g/mol. The maximum Gasteiger partial charge on any atom is 0.338 e. The van der Waals surface area contributed by atoms with E-state index in [1.807, 2.05) is 0 Å². The Kier molecular flexibility index (Phi) is 8.00. The molecule has 3 rings (SSSR count). The van der Waals surface area contributed by atoms with Crippen LogP contribution in [0, 0.1) is 16.0 Å². The molecular weight excluding hydrogens is 462 g/mol. The molecule has 182 valence electrons. The predicted octanol–water partition coefficient (Wildman–Crippen LogP) is 2.83. The van der Waals surface area contributed by atoms with E-state index < -0.39 is 20.9 Å². The highest BCUT2D eigenvalue weighted by atomic mass is 32.2. The second-order valence-electron chi connectivity index (χ2n) is 8.00. The first-order chi connectivity index (χ1) is 16.1. The van der Waals surface area contributed by atoms with Gasteiger partial charge in [-0.1, -0.05) is 18.2 Å². The average molecular weight is 490 g/mol. The summed E-state index contributed by atoms with van der Waals surface area (Å²) in [6.45, 7) is 2.37. The number of benzene rings is 2. The number of hydrogen-bond donors (Lipinski definition) is 0. The number of esters is 1. The molecule has 0 saturated carbocycles. The van der Waals surface area contributed by atoms with Crippen molar-refractivity contribution in [2.24, 2.45) is 5.92 Å². The molecule has 1 fully saturated rings. The fraction of sp³-hybridized carbons (Fsp3) is 0.391. The number of nitro benzene ring substituents is 1. The minimum absolute atomic E-state index is 0.0444. The van der Waals surface area contributed by atoms with E-state index in [1.165, 1.54) is 39.5 Å². The molecule has 2 aromatic carbocycles. The van der Waals surface area contributed by atoms with Crippen LogP contribution in [0.4, 0.5) is 5.69 Å². The van der Waals surface area contributed by atoms with E-state index in [1.54, 1.807) is 32.2 Å². The Balaban J connectivity index is 1.61. The Morgan fingerprint density at radius 2 is 1.74 bits per heavy atom. The lowest BCUT2D eigenvalue weighted by molar-refractivity contribution is -0.385. The first-order valence-electron chi connectivity index (χ1n) is 10.9. The van der Waals surface area contributed by atoms with Crippen molar-refractivity contribution in [2.75, 3.05) is 26.7 Å². The summed E-state index contributed by atoms with van der Waals surface area (Å²) >= 11 is 0. The SMILES string of the molecule is CCOC(=O)c1ccc(S(=O)(=O)N2CCC(C(=O)N(C)Cc3ccccc3[N+](=O)[O-])CC2)cc1. The van der Waals surface area contributed by atoms with Crippen molar-refractivity contribution in [3.8, 4) is 0 Å². The molecule has 1 aliphatic heterocycles. The standard InChI is InChI=1S/C23H27N3O7S/c1-3-33-23(28)18-8-10-20(11-9-18)34(31,32)25-14-12-17(13-15-25)22(27)24(2)16-19-6-4-5-7-21(19)26(29)30/h4-11,17H,3,12-16H2,1-2H3. The van der Waals surface area contributed by atoms with Gasteiger partial charge < -0.3 is 9.64 Å². The molecule has 0 atom stereocenters. The van der Waals surface area contributed by atoms with Gasteiger partial charge >= 0.3 is 5.97 Å². The van der Waals surface area contributed by atoms with Gasteiger partial charge in [0.05, 0.1) is 28.5 Å². The summed E-state index contributed by atoms with van der Waals surface area (Å²) in [4.78, 5) is 36.9. The van der Waals surface area contributed by atoms with Gasteiger partial charge in [0.15, 0.2) is 0 Å². The van der Waals surface area contributed by atoms with Crippen LogP contribution in [-0.2, 0) is 26.1 Å². The van der Waals surface area contributed by atoms with Crippen LogP contribution >= 0.6 is 0 Å². The number of carbonyl (C=O) groups excluding carboxylic acids is 2. The average Bonchev–Trinajstić information content (AvgIpc) is 2.84. The first-order valence-corrected chi connectivity index (χ1v) is 12.3. The Morgan fingerprint density at radius 1 is 1.12 bits per heavy atom. The lowest BCUT2D eigenvalue weighted by atomic mass is 9.96. The van der Waals surface area contributed by atoms with Crippen LogP contribution in [0.5, 0.6) is 0 Å². The minimum Gasteiger partial charge on any atom is -0.462 e. The summed E-state index contributed by atoms with van der Waals surface area (Å²) in [6.07, 6.45) is 0.695. The normalized spacial score (nSPS) is 15.0. The Hall–Kier alpha value is -3.31. The summed E-state index contributed by atoms with van der Waals surface area (Å²) in [5.41, 5.74) is 0.665. The number of sulfonamides is 1. The molecule has 11 heteroatoms. The minimum atomic E-state index is -3.77. The van der Waals surface area contributed by atoms with Crippen LogP contribution < -0.4 is 0 Å². The molecule has 0 N–H and O–H groups in total. The molecule has 0 aliphatic carbocycles. The molecule has 1 amide bonds. The van der Waals surface area contributed by atoms with E-state index >= 15 is 0 Å². The van der Waals surface area contributed by atoms with Crippen molar-refractivity contribution in [3.63, 3.8) is 0 Å². The second-order valence-corrected chi connectivity index (χ2v) is 9.94. The number of piperidine rings is 1. The fourth-order valence-electron chi connectivity index (χ4n) is 3.94. The molecule has 0 aromatic heterocycles. The van der Waals surface area contributed by atoms with E-state index in [-0.39, 0.29) is 54.2 Å². The smallest absolute Gasteiger partial charge is 0.338 e. The van der Waals surface area contributed by atoms with Gasteiger partial charge in [0, 0.05) is 37.7 Å². The van der Waals surface area contributed by atoms with E-state index in [0.29, 0.717) is 18.4 Å². The van der Waals surface area contributed by atoms with Gasteiger partial charge in [0.25, 0.3) is 5.69 Å². The third-order valence-corrected chi connectivity index (χ3v) is 7.69. The second kappa shape index (κ2) is 10.7. The Bertz CT molecular complexity index is 1160. The van der Waals surface area contributed by atoms with E-state index in [9.17, 15) is 28.1 Å². The number of nitro groups is 1. The number of hydrogen-bond acceptors (Lipinski definition) is 7. The maximum absolute atomic E-state index is 13.0. The zero-order chi connectivity index (χ0) is 24.9. The van der Waals surface area contributed by atoms with Crippen molar-refractivity contribution in [1.29, 1.82) is 0 Å². The number of amides is 1. The maximum atomic E-state index is 13.0. The number of para-hydroxylation sites is 1. The summed E-state index contributed by atoms with van der Waals surface area (Å²) in [5.74, 6) is -1.06. The molecule has 1 heterocycles. The van der Waals surface area contributed by atoms with Gasteiger partial charge in [0.2, 0.25) is 15.9 Å².